The van der Waals surface area contributed by atoms with Gasteiger partial charge < -0.3 is 19.9 Å². The van der Waals surface area contributed by atoms with Gasteiger partial charge in [0.2, 0.25) is 0 Å². The molecule has 1 saturated carbocycles. The Morgan fingerprint density at radius 1 is 1.11 bits per heavy atom. The summed E-state index contributed by atoms with van der Waals surface area (Å²) in [6.45, 7) is 7.09. The van der Waals surface area contributed by atoms with Gasteiger partial charge in [0.15, 0.2) is 0 Å². The highest BCUT2D eigenvalue weighted by Crippen LogP contribution is 2.30. The van der Waals surface area contributed by atoms with E-state index in [1.54, 1.807) is 7.11 Å². The second-order valence-electron chi connectivity index (χ2n) is 5.50. The first-order valence-corrected chi connectivity index (χ1v) is 7.09. The van der Waals surface area contributed by atoms with Crippen molar-refractivity contribution >= 4 is 0 Å². The molecule has 0 heterocycles. The Balaban J connectivity index is 2.15. The van der Waals surface area contributed by atoms with Gasteiger partial charge in [0.1, 0.15) is 0 Å². The lowest BCUT2D eigenvalue weighted by Gasteiger charge is -2.35. The summed E-state index contributed by atoms with van der Waals surface area (Å²) in [5.41, 5.74) is 6.12. The van der Waals surface area contributed by atoms with Crippen molar-refractivity contribution in [2.75, 3.05) is 33.5 Å². The fourth-order valence-corrected chi connectivity index (χ4v) is 2.48. The minimum absolute atomic E-state index is 0.193. The molecule has 2 N–H and O–H groups in total. The Labute approximate surface area is 111 Å². The number of hydrogen-bond acceptors (Lipinski definition) is 4. The first kappa shape index (κ1) is 15.9. The van der Waals surface area contributed by atoms with Gasteiger partial charge in [-0.05, 0) is 31.1 Å². The van der Waals surface area contributed by atoms with Crippen LogP contribution in [0.25, 0.3) is 0 Å². The van der Waals surface area contributed by atoms with Crippen molar-refractivity contribution in [1.29, 1.82) is 0 Å². The molecule has 0 aliphatic heterocycles. The Hall–Kier alpha value is -0.160. The van der Waals surface area contributed by atoms with Crippen LogP contribution < -0.4 is 5.73 Å². The van der Waals surface area contributed by atoms with Gasteiger partial charge >= 0.3 is 0 Å². The molecule has 1 rings (SSSR count). The molecule has 0 aromatic carbocycles. The van der Waals surface area contributed by atoms with E-state index in [2.05, 4.69) is 13.8 Å². The van der Waals surface area contributed by atoms with Gasteiger partial charge in [-0.2, -0.15) is 0 Å². The van der Waals surface area contributed by atoms with Gasteiger partial charge in [-0.15, -0.1) is 0 Å². The zero-order valence-corrected chi connectivity index (χ0v) is 12.1. The summed E-state index contributed by atoms with van der Waals surface area (Å²) in [4.78, 5) is 0. The lowest BCUT2D eigenvalue weighted by Crippen LogP contribution is -2.43. The Kier molecular flexibility index (Phi) is 7.82. The molecular formula is C14H29NO3. The Bertz CT molecular complexity index is 211. The highest BCUT2D eigenvalue weighted by molar-refractivity contribution is 4.84. The molecule has 0 radical (unpaired) electrons. The molecule has 4 nitrogen and oxygen atoms in total. The summed E-state index contributed by atoms with van der Waals surface area (Å²) >= 11 is 0. The molecule has 1 aliphatic carbocycles. The summed E-state index contributed by atoms with van der Waals surface area (Å²) < 4.78 is 16.2. The molecule has 0 bridgehead atoms. The van der Waals surface area contributed by atoms with Crippen molar-refractivity contribution in [1.82, 2.24) is 0 Å². The maximum atomic E-state index is 6.12. The lowest BCUT2D eigenvalue weighted by molar-refractivity contribution is -0.0385. The SMILES string of the molecule is COCCOCCOC1CC(C(C)C)CCC1N. The van der Waals surface area contributed by atoms with E-state index in [0.29, 0.717) is 26.4 Å². The smallest absolute Gasteiger partial charge is 0.0729 e. The predicted octanol–water partition coefficient (Wildman–Crippen LogP) is 1.82. The standard InChI is InChI=1S/C14H29NO3/c1-11(2)12-4-5-13(15)14(10-12)18-9-8-17-7-6-16-3/h11-14H,4-10,15H2,1-3H3. The average Bonchev–Trinajstić information content (AvgIpc) is 2.35. The summed E-state index contributed by atoms with van der Waals surface area (Å²) in [5, 5.41) is 0. The van der Waals surface area contributed by atoms with E-state index in [-0.39, 0.29) is 12.1 Å². The predicted molar refractivity (Wildman–Crippen MR) is 72.6 cm³/mol. The van der Waals surface area contributed by atoms with Crippen LogP contribution in [0.15, 0.2) is 0 Å². The van der Waals surface area contributed by atoms with E-state index in [9.17, 15) is 0 Å². The molecule has 1 aliphatic rings. The van der Waals surface area contributed by atoms with E-state index >= 15 is 0 Å². The molecule has 108 valence electrons. The van der Waals surface area contributed by atoms with Crippen LogP contribution >= 0.6 is 0 Å². The lowest BCUT2D eigenvalue weighted by atomic mass is 9.78. The van der Waals surface area contributed by atoms with Gasteiger partial charge in [0, 0.05) is 13.2 Å². The molecule has 3 atom stereocenters. The minimum Gasteiger partial charge on any atom is -0.382 e. The topological polar surface area (TPSA) is 53.7 Å². The molecule has 0 aromatic rings. The van der Waals surface area contributed by atoms with Gasteiger partial charge in [0.25, 0.3) is 0 Å². The zero-order valence-electron chi connectivity index (χ0n) is 12.1. The first-order chi connectivity index (χ1) is 8.65. The molecule has 0 spiro atoms. The molecule has 0 saturated heterocycles. The molecule has 0 amide bonds. The van der Waals surface area contributed by atoms with Crippen molar-refractivity contribution in [3.05, 3.63) is 0 Å². The summed E-state index contributed by atoms with van der Waals surface area (Å²) in [6.07, 6.45) is 3.62. The van der Waals surface area contributed by atoms with Crippen LogP contribution in [0.3, 0.4) is 0 Å². The Morgan fingerprint density at radius 3 is 2.50 bits per heavy atom. The molecule has 1 fully saturated rings. The third kappa shape index (κ3) is 5.65. The Morgan fingerprint density at radius 2 is 1.83 bits per heavy atom. The molecule has 0 aromatic heterocycles. The van der Waals surface area contributed by atoms with Crippen molar-refractivity contribution in [2.24, 2.45) is 17.6 Å². The van der Waals surface area contributed by atoms with Gasteiger partial charge in [-0.3, -0.25) is 0 Å². The monoisotopic (exact) mass is 259 g/mol. The fraction of sp³-hybridized carbons (Fsp3) is 1.00. The van der Waals surface area contributed by atoms with Crippen LogP contribution in [0, 0.1) is 11.8 Å². The summed E-state index contributed by atoms with van der Waals surface area (Å²) in [7, 11) is 1.67. The maximum absolute atomic E-state index is 6.12. The van der Waals surface area contributed by atoms with E-state index in [1.807, 2.05) is 0 Å². The third-order valence-corrected chi connectivity index (χ3v) is 3.82. The molecular weight excluding hydrogens is 230 g/mol. The van der Waals surface area contributed by atoms with Crippen molar-refractivity contribution in [3.63, 3.8) is 0 Å². The van der Waals surface area contributed by atoms with Crippen LogP contribution in [0.5, 0.6) is 0 Å². The quantitative estimate of drug-likeness (QED) is 0.676. The average molecular weight is 259 g/mol. The van der Waals surface area contributed by atoms with Crippen molar-refractivity contribution in [3.8, 4) is 0 Å². The number of methoxy groups -OCH3 is 1. The molecule has 3 unspecified atom stereocenters. The highest BCUT2D eigenvalue weighted by Gasteiger charge is 2.30. The summed E-state index contributed by atoms with van der Waals surface area (Å²) in [6, 6.07) is 0.193. The van der Waals surface area contributed by atoms with Crippen molar-refractivity contribution < 1.29 is 14.2 Å². The van der Waals surface area contributed by atoms with Crippen LogP contribution in [0.4, 0.5) is 0 Å². The zero-order chi connectivity index (χ0) is 13.4. The number of ether oxygens (including phenoxy) is 3. The summed E-state index contributed by atoms with van der Waals surface area (Å²) in [5.74, 6) is 1.48. The second kappa shape index (κ2) is 8.86. The minimum atomic E-state index is 0.193. The molecule has 4 heteroatoms. The fourth-order valence-electron chi connectivity index (χ4n) is 2.48. The van der Waals surface area contributed by atoms with E-state index in [0.717, 1.165) is 24.7 Å². The van der Waals surface area contributed by atoms with Crippen molar-refractivity contribution in [2.45, 2.75) is 45.3 Å². The number of hydrogen-bond donors (Lipinski definition) is 1. The van der Waals surface area contributed by atoms with Crippen LogP contribution in [0.2, 0.25) is 0 Å². The van der Waals surface area contributed by atoms with E-state index in [1.165, 1.54) is 6.42 Å². The van der Waals surface area contributed by atoms with E-state index < -0.39 is 0 Å². The second-order valence-corrected chi connectivity index (χ2v) is 5.50. The largest absolute Gasteiger partial charge is 0.382 e. The number of nitrogens with two attached hydrogens (primary N) is 1. The van der Waals surface area contributed by atoms with Crippen LogP contribution in [-0.4, -0.2) is 45.7 Å². The first-order valence-electron chi connectivity index (χ1n) is 7.09. The van der Waals surface area contributed by atoms with Crippen LogP contribution in [-0.2, 0) is 14.2 Å². The third-order valence-electron chi connectivity index (χ3n) is 3.82. The van der Waals surface area contributed by atoms with Gasteiger partial charge in [-0.1, -0.05) is 13.8 Å². The maximum Gasteiger partial charge on any atom is 0.0729 e. The van der Waals surface area contributed by atoms with E-state index in [4.69, 9.17) is 19.9 Å². The highest BCUT2D eigenvalue weighted by atomic mass is 16.5. The van der Waals surface area contributed by atoms with Gasteiger partial charge in [-0.25, -0.2) is 0 Å². The molecule has 18 heavy (non-hydrogen) atoms. The van der Waals surface area contributed by atoms with Gasteiger partial charge in [0.05, 0.1) is 32.5 Å². The number of rotatable bonds is 8. The normalized spacial score (nSPS) is 28.8. The van der Waals surface area contributed by atoms with Crippen LogP contribution in [0.1, 0.15) is 33.1 Å².